The van der Waals surface area contributed by atoms with Crippen LogP contribution in [0.3, 0.4) is 0 Å². The quantitative estimate of drug-likeness (QED) is 0.241. The number of unbranched alkanes of at least 4 members (excludes halogenated alkanes) is 1. The first-order chi connectivity index (χ1) is 13.4. The van der Waals surface area contributed by atoms with Crippen molar-refractivity contribution in [2.45, 2.75) is 45.4 Å². The summed E-state index contributed by atoms with van der Waals surface area (Å²) in [7, 11) is 4.05. The Morgan fingerprint density at radius 1 is 0.966 bits per heavy atom. The molecule has 2 N–H and O–H groups in total. The Hall–Kier alpha value is -0.860. The zero-order chi connectivity index (χ0) is 20.4. The van der Waals surface area contributed by atoms with E-state index in [0.29, 0.717) is 0 Å². The molecule has 1 fully saturated rings. The van der Waals surface area contributed by atoms with E-state index in [-0.39, 0.29) is 29.4 Å². The number of hydrogen-bond acceptors (Lipinski definition) is 3. The second-order valence-electron chi connectivity index (χ2n) is 8.97. The highest BCUT2D eigenvalue weighted by Gasteiger charge is 2.13. The molecule has 0 bridgehead atoms. The van der Waals surface area contributed by atoms with E-state index in [1.54, 1.807) is 0 Å². The van der Waals surface area contributed by atoms with Gasteiger partial charge in [-0.3, -0.25) is 4.99 Å². The van der Waals surface area contributed by atoms with Gasteiger partial charge in [0, 0.05) is 46.3 Å². The molecular weight excluding hydrogens is 473 g/mol. The largest absolute Gasteiger partial charge is 0.356 e. The molecule has 166 valence electrons. The molecule has 0 atom stereocenters. The van der Waals surface area contributed by atoms with Gasteiger partial charge in [0.15, 0.2) is 5.96 Å². The molecule has 29 heavy (non-hydrogen) atoms. The first-order valence-corrected chi connectivity index (χ1v) is 10.8. The molecule has 0 aliphatic carbocycles. The van der Waals surface area contributed by atoms with Crippen molar-refractivity contribution in [1.82, 2.24) is 20.4 Å². The van der Waals surface area contributed by atoms with Crippen molar-refractivity contribution in [1.29, 1.82) is 0 Å². The predicted octanol–water partition coefficient (Wildman–Crippen LogP) is 3.34. The molecule has 0 unspecified atom stereocenters. The first kappa shape index (κ1) is 26.2. The van der Waals surface area contributed by atoms with Gasteiger partial charge in [0.25, 0.3) is 0 Å². The topological polar surface area (TPSA) is 42.9 Å². The minimum Gasteiger partial charge on any atom is -0.356 e. The molecule has 0 aromatic heterocycles. The van der Waals surface area contributed by atoms with E-state index in [0.717, 1.165) is 25.5 Å². The summed E-state index contributed by atoms with van der Waals surface area (Å²) in [4.78, 5) is 9.33. The van der Waals surface area contributed by atoms with Crippen LogP contribution in [0, 0.1) is 0 Å². The Balaban J connectivity index is 0.00000420. The van der Waals surface area contributed by atoms with Crippen molar-refractivity contribution in [2.75, 3.05) is 59.9 Å². The first-order valence-electron chi connectivity index (χ1n) is 10.8. The van der Waals surface area contributed by atoms with Crippen LogP contribution >= 0.6 is 24.0 Å². The van der Waals surface area contributed by atoms with Gasteiger partial charge >= 0.3 is 0 Å². The van der Waals surface area contributed by atoms with Crippen molar-refractivity contribution >= 4 is 29.9 Å². The molecule has 0 radical (unpaired) electrons. The van der Waals surface area contributed by atoms with Gasteiger partial charge in [0.2, 0.25) is 0 Å². The lowest BCUT2D eigenvalue weighted by Gasteiger charge is -2.32. The van der Waals surface area contributed by atoms with E-state index in [1.807, 2.05) is 7.05 Å². The maximum Gasteiger partial charge on any atom is 0.190 e. The van der Waals surface area contributed by atoms with E-state index in [4.69, 9.17) is 0 Å². The molecule has 0 amide bonds. The zero-order valence-corrected chi connectivity index (χ0v) is 21.5. The molecule has 1 aliphatic rings. The predicted molar refractivity (Wildman–Crippen MR) is 137 cm³/mol. The summed E-state index contributed by atoms with van der Waals surface area (Å²) < 4.78 is 0. The van der Waals surface area contributed by atoms with Gasteiger partial charge in [-0.15, -0.1) is 24.0 Å². The molecule has 1 heterocycles. The fourth-order valence-electron chi connectivity index (χ4n) is 3.46. The average Bonchev–Trinajstić information content (AvgIpc) is 2.67. The lowest BCUT2D eigenvalue weighted by molar-refractivity contribution is 0.152. The van der Waals surface area contributed by atoms with E-state index in [1.165, 1.54) is 56.7 Å². The van der Waals surface area contributed by atoms with Crippen LogP contribution in [0.5, 0.6) is 0 Å². The number of nitrogens with one attached hydrogen (secondary N) is 2. The van der Waals surface area contributed by atoms with Crippen LogP contribution in [0.4, 0.5) is 0 Å². The van der Waals surface area contributed by atoms with Gasteiger partial charge in [-0.05, 0) is 49.4 Å². The van der Waals surface area contributed by atoms with E-state index in [9.17, 15) is 0 Å². The van der Waals surface area contributed by atoms with Crippen molar-refractivity contribution in [2.24, 2.45) is 4.99 Å². The summed E-state index contributed by atoms with van der Waals surface area (Å²) in [5, 5.41) is 6.87. The number of halogens is 1. The van der Waals surface area contributed by atoms with Crippen LogP contribution in [-0.2, 0) is 11.8 Å². The van der Waals surface area contributed by atoms with E-state index < -0.39 is 0 Å². The third-order valence-corrected chi connectivity index (χ3v) is 5.54. The number of likely N-dealkylation sites (N-methyl/N-ethyl adjacent to an activating group) is 1. The van der Waals surface area contributed by atoms with Gasteiger partial charge in [-0.2, -0.15) is 0 Å². The average molecular weight is 516 g/mol. The van der Waals surface area contributed by atoms with Crippen LogP contribution in [0.15, 0.2) is 29.3 Å². The number of hydrogen-bond donors (Lipinski definition) is 2. The van der Waals surface area contributed by atoms with E-state index >= 15 is 0 Å². The molecule has 0 spiro atoms. The van der Waals surface area contributed by atoms with Crippen LogP contribution < -0.4 is 10.6 Å². The van der Waals surface area contributed by atoms with Gasteiger partial charge in [0.05, 0.1) is 0 Å². The Kier molecular flexibility index (Phi) is 12.1. The normalized spacial score (nSPS) is 16.4. The maximum absolute atomic E-state index is 4.34. The highest BCUT2D eigenvalue weighted by atomic mass is 127. The molecule has 1 aromatic carbocycles. The maximum atomic E-state index is 4.34. The van der Waals surface area contributed by atoms with Crippen LogP contribution in [0.2, 0.25) is 0 Å². The molecule has 0 saturated carbocycles. The highest BCUT2D eigenvalue weighted by Crippen LogP contribution is 2.22. The van der Waals surface area contributed by atoms with Crippen molar-refractivity contribution in [3.8, 4) is 0 Å². The summed E-state index contributed by atoms with van der Waals surface area (Å²) in [5.74, 6) is 0.908. The second-order valence-corrected chi connectivity index (χ2v) is 8.97. The van der Waals surface area contributed by atoms with Gasteiger partial charge < -0.3 is 20.4 Å². The fourth-order valence-corrected chi connectivity index (χ4v) is 3.46. The summed E-state index contributed by atoms with van der Waals surface area (Å²) in [6.07, 6.45) is 3.43. The molecule has 5 nitrogen and oxygen atoms in total. The number of aliphatic imine (C=N–C) groups is 1. The number of piperazine rings is 1. The lowest BCUT2D eigenvalue weighted by atomic mass is 9.86. The molecule has 2 rings (SSSR count). The van der Waals surface area contributed by atoms with Crippen LogP contribution in [-0.4, -0.2) is 75.7 Å². The SMILES string of the molecule is CN=C(NCCCCN1CCN(C)CC1)NCCc1ccc(C(C)(C)C)cc1.I. The fraction of sp³-hybridized carbons (Fsp3) is 0.696. The summed E-state index contributed by atoms with van der Waals surface area (Å²) in [6, 6.07) is 9.00. The zero-order valence-electron chi connectivity index (χ0n) is 19.1. The number of nitrogens with zero attached hydrogens (tertiary/aromatic N) is 3. The molecule has 6 heteroatoms. The highest BCUT2D eigenvalue weighted by molar-refractivity contribution is 14.0. The Labute approximate surface area is 195 Å². The van der Waals surface area contributed by atoms with Gasteiger partial charge in [-0.25, -0.2) is 0 Å². The van der Waals surface area contributed by atoms with Crippen molar-refractivity contribution in [3.63, 3.8) is 0 Å². The summed E-state index contributed by atoms with van der Waals surface area (Å²) in [5.41, 5.74) is 2.97. The minimum absolute atomic E-state index is 0. The van der Waals surface area contributed by atoms with Crippen LogP contribution in [0.25, 0.3) is 0 Å². The number of benzene rings is 1. The van der Waals surface area contributed by atoms with Crippen molar-refractivity contribution in [3.05, 3.63) is 35.4 Å². The van der Waals surface area contributed by atoms with Gasteiger partial charge in [-0.1, -0.05) is 45.0 Å². The standard InChI is InChI=1S/C23H41N5.HI/c1-23(2,3)21-10-8-20(9-11-21)12-14-26-22(24-4)25-13-6-7-15-28-18-16-27(5)17-19-28;/h8-11H,6-7,12-19H2,1-5H3,(H2,24,25,26);1H. The van der Waals surface area contributed by atoms with E-state index in [2.05, 4.69) is 77.5 Å². The Bertz CT molecular complexity index is 586. The molecule has 1 aliphatic heterocycles. The summed E-state index contributed by atoms with van der Waals surface area (Å²) >= 11 is 0. The molecule has 1 aromatic rings. The number of rotatable bonds is 8. The van der Waals surface area contributed by atoms with Crippen molar-refractivity contribution < 1.29 is 0 Å². The molecule has 1 saturated heterocycles. The lowest BCUT2D eigenvalue weighted by Crippen LogP contribution is -2.44. The van der Waals surface area contributed by atoms with Gasteiger partial charge in [0.1, 0.15) is 0 Å². The summed E-state index contributed by atoms with van der Waals surface area (Å²) in [6.45, 7) is 14.7. The second kappa shape index (κ2) is 13.4. The number of guanidine groups is 1. The third-order valence-electron chi connectivity index (χ3n) is 5.54. The van der Waals surface area contributed by atoms with Crippen LogP contribution in [0.1, 0.15) is 44.7 Å². The Morgan fingerprint density at radius 3 is 2.17 bits per heavy atom. The smallest absolute Gasteiger partial charge is 0.190 e. The minimum atomic E-state index is 0. The molecular formula is C23H42IN5. The monoisotopic (exact) mass is 515 g/mol. The Morgan fingerprint density at radius 2 is 1.59 bits per heavy atom. The third kappa shape index (κ3) is 10.1.